The van der Waals surface area contributed by atoms with E-state index in [1.807, 2.05) is 0 Å². The van der Waals surface area contributed by atoms with Gasteiger partial charge in [-0.05, 0) is 5.92 Å². The van der Waals surface area contributed by atoms with E-state index >= 15 is 0 Å². The summed E-state index contributed by atoms with van der Waals surface area (Å²) in [4.78, 5) is 20.6. The summed E-state index contributed by atoms with van der Waals surface area (Å²) in [5, 5.41) is 16.8. The van der Waals surface area contributed by atoms with Gasteiger partial charge in [0, 0.05) is 0 Å². The van der Waals surface area contributed by atoms with E-state index in [-0.39, 0.29) is 0 Å². The molecule has 0 rings (SSSR count). The predicted octanol–water partition coefficient (Wildman–Crippen LogP) is 0.594. The van der Waals surface area contributed by atoms with Crippen LogP contribution in [0.25, 0.3) is 0 Å². The van der Waals surface area contributed by atoms with Crippen molar-refractivity contribution in [3.8, 4) is 0 Å². The van der Waals surface area contributed by atoms with Crippen molar-refractivity contribution in [1.82, 2.24) is 0 Å². The number of rotatable bonds is 4. The van der Waals surface area contributed by atoms with Gasteiger partial charge in [0.05, 0.1) is 0 Å². The first-order chi connectivity index (χ1) is 5.00. The van der Waals surface area contributed by atoms with Crippen molar-refractivity contribution >= 4 is 11.9 Å². The molecule has 0 aliphatic carbocycles. The molecule has 0 radical (unpaired) electrons. The lowest BCUT2D eigenvalue weighted by atomic mass is 9.95. The average molecular weight is 158 g/mol. The van der Waals surface area contributed by atoms with E-state index in [4.69, 9.17) is 10.2 Å². The zero-order chi connectivity index (χ0) is 9.02. The fourth-order valence-corrected chi connectivity index (χ4v) is 0.691. The van der Waals surface area contributed by atoms with E-state index in [0.29, 0.717) is 0 Å². The van der Waals surface area contributed by atoms with Crippen molar-refractivity contribution in [2.24, 2.45) is 11.8 Å². The van der Waals surface area contributed by atoms with Gasteiger partial charge in [0.25, 0.3) is 0 Å². The van der Waals surface area contributed by atoms with E-state index in [2.05, 4.69) is 6.58 Å². The highest BCUT2D eigenvalue weighted by Crippen LogP contribution is 2.12. The highest BCUT2D eigenvalue weighted by molar-refractivity contribution is 5.93. The number of aliphatic carboxylic acids is 2. The monoisotopic (exact) mass is 158 g/mol. The Labute approximate surface area is 64.2 Å². The molecule has 0 aromatic heterocycles. The first kappa shape index (κ1) is 9.68. The van der Waals surface area contributed by atoms with Gasteiger partial charge in [-0.3, -0.25) is 9.59 Å². The van der Waals surface area contributed by atoms with Crippen LogP contribution in [-0.2, 0) is 9.59 Å². The quantitative estimate of drug-likeness (QED) is 0.464. The van der Waals surface area contributed by atoms with Gasteiger partial charge in [-0.15, -0.1) is 6.58 Å². The summed E-state index contributed by atoms with van der Waals surface area (Å²) in [5.41, 5.74) is 0. The molecule has 4 heteroatoms. The Morgan fingerprint density at radius 2 is 1.73 bits per heavy atom. The second-order valence-corrected chi connectivity index (χ2v) is 2.25. The van der Waals surface area contributed by atoms with Gasteiger partial charge < -0.3 is 10.2 Å². The topological polar surface area (TPSA) is 74.6 Å². The van der Waals surface area contributed by atoms with Crippen LogP contribution in [0.3, 0.4) is 0 Å². The van der Waals surface area contributed by atoms with Crippen molar-refractivity contribution in [2.75, 3.05) is 0 Å². The van der Waals surface area contributed by atoms with E-state index in [1.165, 1.54) is 13.0 Å². The molecule has 1 atom stereocenters. The maximum Gasteiger partial charge on any atom is 0.318 e. The summed E-state index contributed by atoms with van der Waals surface area (Å²) >= 11 is 0. The summed E-state index contributed by atoms with van der Waals surface area (Å²) in [6.07, 6.45) is 1.31. The first-order valence-electron chi connectivity index (χ1n) is 3.09. The third-order valence-corrected chi connectivity index (χ3v) is 1.43. The number of carboxylic acids is 2. The molecule has 62 valence electrons. The van der Waals surface area contributed by atoms with Crippen LogP contribution in [0, 0.1) is 11.8 Å². The molecule has 0 unspecified atom stereocenters. The van der Waals surface area contributed by atoms with Crippen LogP contribution in [0.2, 0.25) is 0 Å². The standard InChI is InChI=1S/C7H10O4/c1-3-4(2)5(6(8)9)7(10)11/h3-5H,1H2,2H3,(H,8,9)(H,10,11)/t4-/m1/s1. The van der Waals surface area contributed by atoms with Gasteiger partial charge in [-0.2, -0.15) is 0 Å². The molecule has 0 aliphatic heterocycles. The molecule has 4 nitrogen and oxygen atoms in total. The third-order valence-electron chi connectivity index (χ3n) is 1.43. The Morgan fingerprint density at radius 1 is 1.36 bits per heavy atom. The lowest BCUT2D eigenvalue weighted by Gasteiger charge is -2.10. The number of allylic oxidation sites excluding steroid dienone is 1. The molecule has 0 aromatic rings. The lowest BCUT2D eigenvalue weighted by Crippen LogP contribution is -2.28. The minimum atomic E-state index is -1.38. The molecule has 11 heavy (non-hydrogen) atoms. The van der Waals surface area contributed by atoms with Crippen LogP contribution in [0.4, 0.5) is 0 Å². The highest BCUT2D eigenvalue weighted by Gasteiger charge is 2.29. The van der Waals surface area contributed by atoms with E-state index in [0.717, 1.165) is 0 Å². The Hall–Kier alpha value is -1.32. The van der Waals surface area contributed by atoms with Crippen molar-refractivity contribution in [3.05, 3.63) is 12.7 Å². The van der Waals surface area contributed by atoms with Crippen molar-refractivity contribution in [3.63, 3.8) is 0 Å². The van der Waals surface area contributed by atoms with Gasteiger partial charge in [0.2, 0.25) is 0 Å². The molecule has 0 fully saturated rings. The fraction of sp³-hybridized carbons (Fsp3) is 0.429. The van der Waals surface area contributed by atoms with Crippen LogP contribution in [0.5, 0.6) is 0 Å². The number of carbonyl (C=O) groups is 2. The minimum Gasteiger partial charge on any atom is -0.481 e. The lowest BCUT2D eigenvalue weighted by molar-refractivity contribution is -0.156. The third kappa shape index (κ3) is 2.41. The maximum atomic E-state index is 10.3. The Morgan fingerprint density at radius 3 is 1.82 bits per heavy atom. The highest BCUT2D eigenvalue weighted by atomic mass is 16.4. The molecule has 0 aromatic carbocycles. The molecular weight excluding hydrogens is 148 g/mol. The average Bonchev–Trinajstić information content (AvgIpc) is 1.85. The van der Waals surface area contributed by atoms with Gasteiger partial charge in [0.15, 0.2) is 5.92 Å². The largest absolute Gasteiger partial charge is 0.481 e. The Bertz CT molecular complexity index is 171. The predicted molar refractivity (Wildman–Crippen MR) is 38.1 cm³/mol. The SMILES string of the molecule is C=C[C@@H](C)C(C(=O)O)C(=O)O. The fourth-order valence-electron chi connectivity index (χ4n) is 0.691. The number of hydrogen-bond acceptors (Lipinski definition) is 2. The van der Waals surface area contributed by atoms with Gasteiger partial charge in [-0.1, -0.05) is 13.0 Å². The smallest absolute Gasteiger partial charge is 0.318 e. The van der Waals surface area contributed by atoms with Crippen LogP contribution in [-0.4, -0.2) is 22.2 Å². The molecule has 2 N–H and O–H groups in total. The summed E-state index contributed by atoms with van der Waals surface area (Å²) < 4.78 is 0. The molecule has 0 aliphatic rings. The van der Waals surface area contributed by atoms with Crippen LogP contribution >= 0.6 is 0 Å². The van der Waals surface area contributed by atoms with E-state index in [9.17, 15) is 9.59 Å². The summed E-state index contributed by atoms with van der Waals surface area (Å²) in [5.74, 6) is -4.59. The van der Waals surface area contributed by atoms with Gasteiger partial charge in [0.1, 0.15) is 0 Å². The Kier molecular flexibility index (Phi) is 3.30. The molecule has 0 saturated heterocycles. The Balaban J connectivity index is 4.46. The number of carboxylic acid groups (broad SMARTS) is 2. The second-order valence-electron chi connectivity index (χ2n) is 2.25. The summed E-state index contributed by atoms with van der Waals surface area (Å²) in [7, 11) is 0. The molecule has 0 bridgehead atoms. The second kappa shape index (κ2) is 3.75. The zero-order valence-electron chi connectivity index (χ0n) is 6.15. The van der Waals surface area contributed by atoms with Crippen molar-refractivity contribution < 1.29 is 19.8 Å². The summed E-state index contributed by atoms with van der Waals surface area (Å²) in [6, 6.07) is 0. The number of hydrogen-bond donors (Lipinski definition) is 2. The van der Waals surface area contributed by atoms with E-state index in [1.54, 1.807) is 0 Å². The van der Waals surface area contributed by atoms with Crippen molar-refractivity contribution in [1.29, 1.82) is 0 Å². The molecular formula is C7H10O4. The maximum absolute atomic E-state index is 10.3. The molecule has 0 spiro atoms. The van der Waals surface area contributed by atoms with Crippen molar-refractivity contribution in [2.45, 2.75) is 6.92 Å². The normalized spacial score (nSPS) is 12.5. The summed E-state index contributed by atoms with van der Waals surface area (Å²) in [6.45, 7) is 4.82. The first-order valence-corrected chi connectivity index (χ1v) is 3.09. The minimum absolute atomic E-state index is 0.551. The van der Waals surface area contributed by atoms with Crippen LogP contribution < -0.4 is 0 Å². The van der Waals surface area contributed by atoms with Crippen LogP contribution in [0.15, 0.2) is 12.7 Å². The molecule has 0 saturated carbocycles. The van der Waals surface area contributed by atoms with Crippen LogP contribution in [0.1, 0.15) is 6.92 Å². The molecule has 0 heterocycles. The van der Waals surface area contributed by atoms with Gasteiger partial charge >= 0.3 is 11.9 Å². The van der Waals surface area contributed by atoms with Gasteiger partial charge in [-0.25, -0.2) is 0 Å². The molecule has 0 amide bonds. The van der Waals surface area contributed by atoms with E-state index < -0.39 is 23.8 Å². The zero-order valence-corrected chi connectivity index (χ0v) is 6.15.